The molecule has 1 aromatic carbocycles. The summed E-state index contributed by atoms with van der Waals surface area (Å²) >= 11 is 0. The Morgan fingerprint density at radius 3 is 2.38 bits per heavy atom. The van der Waals surface area contributed by atoms with Crippen molar-refractivity contribution in [3.05, 3.63) is 35.9 Å². The number of carboxylic acids is 1. The second-order valence-corrected chi connectivity index (χ2v) is 4.37. The smallest absolute Gasteiger partial charge is 0.323 e. The number of hydrogen-bond donors (Lipinski definition) is 2. The molecule has 2 N–H and O–H groups in total. The average molecular weight is 290 g/mol. The lowest BCUT2D eigenvalue weighted by atomic mass is 10.2. The fourth-order valence-electron chi connectivity index (χ4n) is 1.83. The van der Waals surface area contributed by atoms with Crippen molar-refractivity contribution < 1.29 is 19.8 Å². The van der Waals surface area contributed by atoms with Crippen molar-refractivity contribution in [3.8, 4) is 12.3 Å². The number of aliphatic hydroxyl groups is 1. The van der Waals surface area contributed by atoms with E-state index in [0.29, 0.717) is 0 Å². The largest absolute Gasteiger partial charge is 0.480 e. The highest BCUT2D eigenvalue weighted by Crippen LogP contribution is 2.07. The van der Waals surface area contributed by atoms with E-state index in [0.717, 1.165) is 10.5 Å². The molecule has 1 rings (SSSR count). The zero-order chi connectivity index (χ0) is 15.7. The molecule has 0 aliphatic rings. The van der Waals surface area contributed by atoms with Crippen LogP contribution < -0.4 is 0 Å². The SMILES string of the molecule is C#CCN(CC(=O)O)C(=O)N(CCO)Cc1ccccc1. The summed E-state index contributed by atoms with van der Waals surface area (Å²) in [4.78, 5) is 25.6. The molecule has 112 valence electrons. The van der Waals surface area contributed by atoms with E-state index in [-0.39, 0.29) is 26.2 Å². The van der Waals surface area contributed by atoms with Crippen LogP contribution in [0, 0.1) is 12.3 Å². The summed E-state index contributed by atoms with van der Waals surface area (Å²) in [6.07, 6.45) is 5.16. The van der Waals surface area contributed by atoms with Gasteiger partial charge in [0, 0.05) is 13.1 Å². The molecule has 0 aliphatic heterocycles. The zero-order valence-corrected chi connectivity index (χ0v) is 11.6. The molecular formula is C15H18N2O4. The molecule has 0 aliphatic carbocycles. The highest BCUT2D eigenvalue weighted by atomic mass is 16.4. The molecule has 0 atom stereocenters. The van der Waals surface area contributed by atoms with Crippen molar-refractivity contribution in [2.45, 2.75) is 6.54 Å². The lowest BCUT2D eigenvalue weighted by Gasteiger charge is -2.28. The lowest BCUT2D eigenvalue weighted by molar-refractivity contribution is -0.137. The van der Waals surface area contributed by atoms with Crippen molar-refractivity contribution in [1.82, 2.24) is 9.80 Å². The molecule has 2 amide bonds. The van der Waals surface area contributed by atoms with Gasteiger partial charge in [0.1, 0.15) is 6.54 Å². The second kappa shape index (κ2) is 8.61. The Kier molecular flexibility index (Phi) is 6.78. The van der Waals surface area contributed by atoms with E-state index < -0.39 is 18.5 Å². The van der Waals surface area contributed by atoms with Gasteiger partial charge in [-0.15, -0.1) is 6.42 Å². The molecule has 0 radical (unpaired) electrons. The summed E-state index contributed by atoms with van der Waals surface area (Å²) < 4.78 is 0. The first kappa shape index (κ1) is 16.5. The quantitative estimate of drug-likeness (QED) is 0.721. The first-order chi connectivity index (χ1) is 10.1. The van der Waals surface area contributed by atoms with Gasteiger partial charge in [0.05, 0.1) is 13.2 Å². The van der Waals surface area contributed by atoms with Crippen LogP contribution in [0.15, 0.2) is 30.3 Å². The Morgan fingerprint density at radius 1 is 1.19 bits per heavy atom. The molecule has 6 nitrogen and oxygen atoms in total. The van der Waals surface area contributed by atoms with E-state index in [1.807, 2.05) is 30.3 Å². The van der Waals surface area contributed by atoms with Crippen molar-refractivity contribution in [1.29, 1.82) is 0 Å². The van der Waals surface area contributed by atoms with Crippen LogP contribution >= 0.6 is 0 Å². The van der Waals surface area contributed by atoms with E-state index >= 15 is 0 Å². The number of terminal acetylenes is 1. The van der Waals surface area contributed by atoms with Crippen molar-refractivity contribution in [3.63, 3.8) is 0 Å². The number of hydrogen-bond acceptors (Lipinski definition) is 3. The van der Waals surface area contributed by atoms with Gasteiger partial charge in [-0.05, 0) is 5.56 Å². The maximum Gasteiger partial charge on any atom is 0.323 e. The van der Waals surface area contributed by atoms with Gasteiger partial charge in [-0.3, -0.25) is 4.79 Å². The van der Waals surface area contributed by atoms with Crippen LogP contribution in [0.3, 0.4) is 0 Å². The van der Waals surface area contributed by atoms with Crippen LogP contribution in [0.5, 0.6) is 0 Å². The molecule has 1 aromatic rings. The molecule has 0 fully saturated rings. The van der Waals surface area contributed by atoms with Gasteiger partial charge in [-0.25, -0.2) is 4.79 Å². The number of aliphatic hydroxyl groups excluding tert-OH is 1. The third kappa shape index (κ3) is 5.55. The Labute approximate surface area is 123 Å². The van der Waals surface area contributed by atoms with E-state index in [2.05, 4.69) is 5.92 Å². The van der Waals surface area contributed by atoms with Crippen LogP contribution in [0.2, 0.25) is 0 Å². The molecule has 0 spiro atoms. The minimum atomic E-state index is -1.14. The monoisotopic (exact) mass is 290 g/mol. The molecule has 0 saturated heterocycles. The van der Waals surface area contributed by atoms with Gasteiger partial charge in [-0.2, -0.15) is 0 Å². The first-order valence-corrected chi connectivity index (χ1v) is 6.42. The molecule has 0 heterocycles. The predicted molar refractivity (Wildman–Crippen MR) is 77.4 cm³/mol. The molecule has 21 heavy (non-hydrogen) atoms. The van der Waals surface area contributed by atoms with Crippen LogP contribution in [0.1, 0.15) is 5.56 Å². The maximum absolute atomic E-state index is 12.3. The van der Waals surface area contributed by atoms with E-state index in [9.17, 15) is 9.59 Å². The van der Waals surface area contributed by atoms with Gasteiger partial charge < -0.3 is 20.0 Å². The topological polar surface area (TPSA) is 81.1 Å². The van der Waals surface area contributed by atoms with Crippen LogP contribution in [-0.2, 0) is 11.3 Å². The Balaban J connectivity index is 2.84. The summed E-state index contributed by atoms with van der Waals surface area (Å²) in [7, 11) is 0. The van der Waals surface area contributed by atoms with Crippen molar-refractivity contribution in [2.24, 2.45) is 0 Å². The van der Waals surface area contributed by atoms with Crippen LogP contribution in [-0.4, -0.2) is 58.3 Å². The summed E-state index contributed by atoms with van der Waals surface area (Å²) in [5.74, 6) is 1.13. The molecule has 0 unspecified atom stereocenters. The number of amides is 2. The second-order valence-electron chi connectivity index (χ2n) is 4.37. The van der Waals surface area contributed by atoms with Gasteiger partial charge in [-0.1, -0.05) is 36.3 Å². The highest BCUT2D eigenvalue weighted by Gasteiger charge is 2.22. The number of carbonyl (C=O) groups excluding carboxylic acids is 1. The molecular weight excluding hydrogens is 272 g/mol. The third-order valence-corrected chi connectivity index (χ3v) is 2.74. The number of nitrogens with zero attached hydrogens (tertiary/aromatic N) is 2. The van der Waals surface area contributed by atoms with Crippen molar-refractivity contribution in [2.75, 3.05) is 26.2 Å². The third-order valence-electron chi connectivity index (χ3n) is 2.74. The van der Waals surface area contributed by atoms with Gasteiger partial charge in [0.2, 0.25) is 0 Å². The predicted octanol–water partition coefficient (Wildman–Crippen LogP) is 0.621. The van der Waals surface area contributed by atoms with E-state index in [1.54, 1.807) is 0 Å². The summed E-state index contributed by atoms with van der Waals surface area (Å²) in [6, 6.07) is 8.73. The van der Waals surface area contributed by atoms with Crippen molar-refractivity contribution >= 4 is 12.0 Å². The lowest BCUT2D eigenvalue weighted by Crippen LogP contribution is -2.46. The number of benzene rings is 1. The van der Waals surface area contributed by atoms with Gasteiger partial charge in [0.25, 0.3) is 0 Å². The Morgan fingerprint density at radius 2 is 1.86 bits per heavy atom. The average Bonchev–Trinajstić information content (AvgIpc) is 2.46. The Bertz CT molecular complexity index is 510. The summed E-state index contributed by atoms with van der Waals surface area (Å²) in [5.41, 5.74) is 0.885. The number of rotatable bonds is 7. The van der Waals surface area contributed by atoms with Crippen LogP contribution in [0.4, 0.5) is 4.79 Å². The van der Waals surface area contributed by atoms with E-state index in [1.165, 1.54) is 4.90 Å². The zero-order valence-electron chi connectivity index (χ0n) is 11.6. The normalized spacial score (nSPS) is 9.71. The standard InChI is InChI=1S/C15H18N2O4/c1-2-8-16(12-14(19)20)15(21)17(9-10-18)11-13-6-4-3-5-7-13/h1,3-7,18H,8-12H2,(H,19,20). The fraction of sp³-hybridized carbons (Fsp3) is 0.333. The van der Waals surface area contributed by atoms with Gasteiger partial charge in [0.15, 0.2) is 0 Å². The van der Waals surface area contributed by atoms with Gasteiger partial charge >= 0.3 is 12.0 Å². The molecule has 6 heteroatoms. The minimum Gasteiger partial charge on any atom is -0.480 e. The summed E-state index contributed by atoms with van der Waals surface area (Å²) in [5, 5.41) is 17.9. The number of urea groups is 1. The number of carbonyl (C=O) groups is 2. The van der Waals surface area contributed by atoms with Crippen LogP contribution in [0.25, 0.3) is 0 Å². The molecule has 0 bridgehead atoms. The number of carboxylic acid groups (broad SMARTS) is 1. The molecule has 0 saturated carbocycles. The van der Waals surface area contributed by atoms with E-state index in [4.69, 9.17) is 16.6 Å². The Hall–Kier alpha value is -2.52. The molecule has 0 aromatic heterocycles. The number of aliphatic carboxylic acids is 1. The first-order valence-electron chi connectivity index (χ1n) is 6.42. The highest BCUT2D eigenvalue weighted by molar-refractivity contribution is 5.80. The fourth-order valence-corrected chi connectivity index (χ4v) is 1.83. The maximum atomic E-state index is 12.3. The summed E-state index contributed by atoms with van der Waals surface area (Å²) in [6.45, 7) is -0.396. The minimum absolute atomic E-state index is 0.0954.